The number of nitriles is 1. The highest BCUT2D eigenvalue weighted by Gasteiger charge is 2.24. The molecule has 138 valence electrons. The quantitative estimate of drug-likeness (QED) is 0.657. The Morgan fingerprint density at radius 1 is 1.11 bits per heavy atom. The molecule has 0 unspecified atom stereocenters. The van der Waals surface area contributed by atoms with Gasteiger partial charge >= 0.3 is 0 Å². The fourth-order valence-electron chi connectivity index (χ4n) is 2.89. The molecule has 0 saturated heterocycles. The number of likely N-dealkylation sites (N-methyl/N-ethyl adjacent to an activating group) is 1. The van der Waals surface area contributed by atoms with Crippen molar-refractivity contribution in [2.75, 3.05) is 13.6 Å². The Kier molecular flexibility index (Phi) is 5.28. The summed E-state index contributed by atoms with van der Waals surface area (Å²) >= 11 is 0. The molecule has 1 heterocycles. The zero-order valence-corrected chi connectivity index (χ0v) is 15.7. The van der Waals surface area contributed by atoms with Crippen molar-refractivity contribution >= 4 is 26.6 Å². The van der Waals surface area contributed by atoms with Crippen LogP contribution in [0.5, 0.6) is 0 Å². The summed E-state index contributed by atoms with van der Waals surface area (Å²) in [5.41, 5.74) is 0.675. The van der Waals surface area contributed by atoms with Gasteiger partial charge in [0, 0.05) is 30.7 Å². The molecule has 1 aromatic heterocycles. The fourth-order valence-corrected chi connectivity index (χ4v) is 4.39. The predicted molar refractivity (Wildman–Crippen MR) is 102 cm³/mol. The molecule has 3 aromatic rings. The minimum Gasteiger partial charge on any atom is -0.343 e. The maximum Gasteiger partial charge on any atom is 0.242 e. The van der Waals surface area contributed by atoms with Crippen molar-refractivity contribution < 1.29 is 13.2 Å². The van der Waals surface area contributed by atoms with Crippen LogP contribution in [0.2, 0.25) is 0 Å². The van der Waals surface area contributed by atoms with E-state index in [-0.39, 0.29) is 28.7 Å². The van der Waals surface area contributed by atoms with Crippen LogP contribution in [0.3, 0.4) is 0 Å². The van der Waals surface area contributed by atoms with E-state index in [1.807, 2.05) is 12.1 Å². The number of para-hydroxylation sites is 1. The third-order valence-electron chi connectivity index (χ3n) is 4.39. The molecule has 0 fully saturated rings. The molecule has 0 aliphatic rings. The smallest absolute Gasteiger partial charge is 0.242 e. The van der Waals surface area contributed by atoms with Crippen molar-refractivity contribution in [3.8, 4) is 6.07 Å². The Balaban J connectivity index is 2.03. The van der Waals surface area contributed by atoms with Crippen LogP contribution in [-0.4, -0.2) is 37.4 Å². The number of fused-ring (bicyclic) bond motifs is 1. The van der Waals surface area contributed by atoms with Gasteiger partial charge in [0.05, 0.1) is 22.3 Å². The van der Waals surface area contributed by atoms with Crippen molar-refractivity contribution in [1.82, 2.24) is 9.47 Å². The van der Waals surface area contributed by atoms with Crippen molar-refractivity contribution in [3.63, 3.8) is 0 Å². The summed E-state index contributed by atoms with van der Waals surface area (Å²) in [6.07, 6.45) is 1.77. The van der Waals surface area contributed by atoms with Crippen LogP contribution >= 0.6 is 0 Å². The summed E-state index contributed by atoms with van der Waals surface area (Å²) in [6, 6.07) is 17.4. The molecule has 0 saturated carbocycles. The molecule has 0 spiro atoms. The Morgan fingerprint density at radius 3 is 2.48 bits per heavy atom. The normalized spacial score (nSPS) is 11.3. The molecule has 0 radical (unpaired) electrons. The van der Waals surface area contributed by atoms with Gasteiger partial charge in [-0.3, -0.25) is 4.79 Å². The van der Waals surface area contributed by atoms with Crippen molar-refractivity contribution in [1.29, 1.82) is 5.26 Å². The lowest BCUT2D eigenvalue weighted by molar-refractivity contribution is -0.130. The maximum atomic E-state index is 13.1. The van der Waals surface area contributed by atoms with Crippen LogP contribution in [0.4, 0.5) is 0 Å². The molecule has 3 rings (SSSR count). The van der Waals surface area contributed by atoms with E-state index >= 15 is 0 Å². The number of carbonyl (C=O) groups excluding carboxylic acids is 1. The lowest BCUT2D eigenvalue weighted by atomic mass is 10.2. The molecular formula is C20H19N3O3S. The molecule has 0 N–H and O–H groups in total. The van der Waals surface area contributed by atoms with Crippen LogP contribution in [0.1, 0.15) is 6.42 Å². The number of hydrogen-bond acceptors (Lipinski definition) is 4. The fraction of sp³-hybridized carbons (Fsp3) is 0.200. The molecule has 2 aromatic carbocycles. The van der Waals surface area contributed by atoms with Gasteiger partial charge < -0.3 is 9.47 Å². The molecule has 0 aliphatic heterocycles. The van der Waals surface area contributed by atoms with Crippen LogP contribution < -0.4 is 0 Å². The SMILES string of the molecule is CN(CCC#N)C(=O)Cn1cc(S(=O)(=O)c2ccccc2)c2ccccc21. The first-order valence-corrected chi connectivity index (χ1v) is 9.92. The van der Waals surface area contributed by atoms with E-state index < -0.39 is 9.84 Å². The van der Waals surface area contributed by atoms with Crippen molar-refractivity contribution in [2.24, 2.45) is 0 Å². The molecule has 7 heteroatoms. The van der Waals surface area contributed by atoms with E-state index in [9.17, 15) is 13.2 Å². The van der Waals surface area contributed by atoms with Crippen molar-refractivity contribution in [2.45, 2.75) is 22.8 Å². The van der Waals surface area contributed by atoms with Crippen LogP contribution in [-0.2, 0) is 21.2 Å². The van der Waals surface area contributed by atoms with Gasteiger partial charge in [-0.1, -0.05) is 36.4 Å². The summed E-state index contributed by atoms with van der Waals surface area (Å²) in [5, 5.41) is 9.25. The lowest BCUT2D eigenvalue weighted by Gasteiger charge is -2.16. The Labute approximate surface area is 158 Å². The van der Waals surface area contributed by atoms with Gasteiger partial charge in [0.25, 0.3) is 0 Å². The molecular weight excluding hydrogens is 362 g/mol. The highest BCUT2D eigenvalue weighted by molar-refractivity contribution is 7.91. The van der Waals surface area contributed by atoms with Gasteiger partial charge in [0.2, 0.25) is 15.7 Å². The first kappa shape index (κ1) is 18.7. The molecule has 0 atom stereocenters. The summed E-state index contributed by atoms with van der Waals surface area (Å²) in [4.78, 5) is 14.3. The minimum absolute atomic E-state index is 0.00670. The van der Waals surface area contributed by atoms with E-state index in [1.54, 1.807) is 60.1 Å². The zero-order chi connectivity index (χ0) is 19.4. The van der Waals surface area contributed by atoms with E-state index in [1.165, 1.54) is 11.1 Å². The number of benzene rings is 2. The Hall–Kier alpha value is -3.11. The predicted octanol–water partition coefficient (Wildman–Crippen LogP) is 2.85. The van der Waals surface area contributed by atoms with Gasteiger partial charge in [-0.15, -0.1) is 0 Å². The molecule has 1 amide bonds. The van der Waals surface area contributed by atoms with Crippen LogP contribution in [0.15, 0.2) is 70.6 Å². The Bertz CT molecular complexity index is 1110. The second-order valence-electron chi connectivity index (χ2n) is 6.18. The van der Waals surface area contributed by atoms with Gasteiger partial charge in [0.1, 0.15) is 6.54 Å². The maximum absolute atomic E-state index is 13.1. The number of carbonyl (C=O) groups is 1. The summed E-state index contributed by atoms with van der Waals surface area (Å²) in [7, 11) is -2.07. The topological polar surface area (TPSA) is 83.2 Å². The zero-order valence-electron chi connectivity index (χ0n) is 14.9. The second kappa shape index (κ2) is 7.64. The number of rotatable bonds is 6. The van der Waals surface area contributed by atoms with Gasteiger partial charge in [-0.05, 0) is 18.2 Å². The van der Waals surface area contributed by atoms with Crippen molar-refractivity contribution in [3.05, 3.63) is 60.8 Å². The van der Waals surface area contributed by atoms with Gasteiger partial charge in [-0.2, -0.15) is 5.26 Å². The monoisotopic (exact) mass is 381 g/mol. The standard InChI is InChI=1S/C20H19N3O3S/c1-22(13-7-12-21)20(24)15-23-14-19(17-10-5-6-11-18(17)23)27(25,26)16-8-3-2-4-9-16/h2-6,8-11,14H,7,13,15H2,1H3. The number of aromatic nitrogens is 1. The Morgan fingerprint density at radius 2 is 1.78 bits per heavy atom. The third kappa shape index (κ3) is 3.71. The molecule has 0 aliphatic carbocycles. The first-order chi connectivity index (χ1) is 12.9. The third-order valence-corrected chi connectivity index (χ3v) is 6.18. The second-order valence-corrected chi connectivity index (χ2v) is 8.10. The van der Waals surface area contributed by atoms with Crippen LogP contribution in [0.25, 0.3) is 10.9 Å². The highest BCUT2D eigenvalue weighted by atomic mass is 32.2. The number of sulfone groups is 1. The van der Waals surface area contributed by atoms with E-state index in [2.05, 4.69) is 0 Å². The largest absolute Gasteiger partial charge is 0.343 e. The van der Waals surface area contributed by atoms with Gasteiger partial charge in [-0.25, -0.2) is 8.42 Å². The average molecular weight is 381 g/mol. The van der Waals surface area contributed by atoms with E-state index in [0.29, 0.717) is 17.4 Å². The highest BCUT2D eigenvalue weighted by Crippen LogP contribution is 2.30. The lowest BCUT2D eigenvalue weighted by Crippen LogP contribution is -2.30. The summed E-state index contributed by atoms with van der Waals surface area (Å²) in [6.45, 7) is 0.344. The van der Waals surface area contributed by atoms with Crippen LogP contribution in [0, 0.1) is 11.3 Å². The minimum atomic E-state index is -3.70. The summed E-state index contributed by atoms with van der Waals surface area (Å²) < 4.78 is 27.8. The molecule has 0 bridgehead atoms. The summed E-state index contributed by atoms with van der Waals surface area (Å²) in [5.74, 6) is -0.185. The molecule has 6 nitrogen and oxygen atoms in total. The number of nitrogens with zero attached hydrogens (tertiary/aromatic N) is 3. The molecule has 27 heavy (non-hydrogen) atoms. The average Bonchev–Trinajstić information content (AvgIpc) is 3.06. The van der Waals surface area contributed by atoms with E-state index in [4.69, 9.17) is 5.26 Å². The number of amides is 1. The number of hydrogen-bond donors (Lipinski definition) is 0. The van der Waals surface area contributed by atoms with E-state index in [0.717, 1.165) is 0 Å². The van der Waals surface area contributed by atoms with Gasteiger partial charge in [0.15, 0.2) is 0 Å². The first-order valence-electron chi connectivity index (χ1n) is 8.44.